The maximum absolute atomic E-state index is 11.9. The number of hydrogen-bond acceptors (Lipinski definition) is 5. The van der Waals surface area contributed by atoms with E-state index >= 15 is 0 Å². The number of aliphatic hydroxyl groups is 2. The number of aliphatic hydroxyl groups excluding tert-OH is 1. The van der Waals surface area contributed by atoms with Gasteiger partial charge >= 0.3 is 0 Å². The molecule has 5 nitrogen and oxygen atoms in total. The minimum Gasteiger partial charge on any atom is -0.392 e. The molecule has 16 atom stereocenters. The summed E-state index contributed by atoms with van der Waals surface area (Å²) in [5.41, 5.74) is 2.19. The second-order valence-corrected chi connectivity index (χ2v) is 18.8. The van der Waals surface area contributed by atoms with Gasteiger partial charge in [0.1, 0.15) is 0 Å². The highest BCUT2D eigenvalue weighted by Gasteiger charge is 2.78. The Labute approximate surface area is 304 Å². The summed E-state index contributed by atoms with van der Waals surface area (Å²) in [6.07, 6.45) is 34.9. The SMILES string of the molecule is CC[C@]12CCC3C(C=CC4=CC(=O)CC[C@@H]43)C1[C@@H]1C[C@@H]1[C@@]2(O)/C=C\CO.CC[C@]12CCC3C(C=CC4=CC(=O)CC[C@@H]43)C1[C@@H]1C[C@@H]1[C@@]21C=CCO1. The topological polar surface area (TPSA) is 83.8 Å². The van der Waals surface area contributed by atoms with E-state index in [0.29, 0.717) is 65.0 Å². The molecule has 2 N–H and O–H groups in total. The van der Waals surface area contributed by atoms with Crippen LogP contribution in [0.5, 0.6) is 0 Å². The van der Waals surface area contributed by atoms with Crippen molar-refractivity contribution in [3.63, 3.8) is 0 Å². The van der Waals surface area contributed by atoms with Gasteiger partial charge in [-0.25, -0.2) is 0 Å². The summed E-state index contributed by atoms with van der Waals surface area (Å²) in [5.74, 6) is 8.39. The average Bonchev–Trinajstić information content (AvgIpc) is 4.05. The molecule has 1 spiro atoms. The lowest BCUT2D eigenvalue weighted by Gasteiger charge is -2.57. The molecule has 11 rings (SSSR count). The van der Waals surface area contributed by atoms with Crippen LogP contribution in [0, 0.1) is 81.8 Å². The van der Waals surface area contributed by atoms with Crippen molar-refractivity contribution in [2.45, 2.75) is 102 Å². The lowest BCUT2D eigenvalue weighted by Crippen LogP contribution is -2.55. The number of rotatable bonds is 4. The largest absolute Gasteiger partial charge is 0.392 e. The number of hydrogen-bond donors (Lipinski definition) is 2. The first kappa shape index (κ1) is 33.2. The van der Waals surface area contributed by atoms with Crippen molar-refractivity contribution in [1.29, 1.82) is 0 Å². The van der Waals surface area contributed by atoms with Crippen LogP contribution in [0.15, 0.2) is 71.9 Å². The highest BCUT2D eigenvalue weighted by Crippen LogP contribution is 2.79. The number of ether oxygens (including phenoxy) is 1. The number of fused-ring (bicyclic) bond motifs is 16. The lowest BCUT2D eigenvalue weighted by molar-refractivity contribution is -0.133. The van der Waals surface area contributed by atoms with E-state index < -0.39 is 5.60 Å². The highest BCUT2D eigenvalue weighted by molar-refractivity contribution is 5.92. The summed E-state index contributed by atoms with van der Waals surface area (Å²) in [7, 11) is 0. The predicted octanol–water partition coefficient (Wildman–Crippen LogP) is 7.91. The van der Waals surface area contributed by atoms with E-state index in [9.17, 15) is 19.8 Å². The fourth-order valence-corrected chi connectivity index (χ4v) is 15.8. The Hall–Kier alpha value is -2.34. The second kappa shape index (κ2) is 11.6. The van der Waals surface area contributed by atoms with Crippen molar-refractivity contribution in [2.75, 3.05) is 13.2 Å². The monoisotopic (exact) mass is 690 g/mol. The van der Waals surface area contributed by atoms with Crippen LogP contribution >= 0.6 is 0 Å². The van der Waals surface area contributed by atoms with Gasteiger partial charge in [-0.15, -0.1) is 0 Å². The molecule has 0 amide bonds. The number of ketones is 2. The van der Waals surface area contributed by atoms with Crippen LogP contribution in [0.1, 0.15) is 90.9 Å². The fraction of sp³-hybridized carbons (Fsp3) is 0.696. The summed E-state index contributed by atoms with van der Waals surface area (Å²) in [6.45, 7) is 5.47. The van der Waals surface area contributed by atoms with E-state index in [-0.39, 0.29) is 23.4 Å². The molecule has 5 heteroatoms. The van der Waals surface area contributed by atoms with Gasteiger partial charge in [0.15, 0.2) is 11.6 Å². The van der Waals surface area contributed by atoms with Gasteiger partial charge in [-0.05, 0) is 159 Å². The van der Waals surface area contributed by atoms with Gasteiger partial charge < -0.3 is 14.9 Å². The molecule has 6 saturated carbocycles. The Bertz CT molecular complexity index is 1700. The summed E-state index contributed by atoms with van der Waals surface area (Å²) < 4.78 is 6.53. The summed E-state index contributed by atoms with van der Waals surface area (Å²) >= 11 is 0. The first-order valence-corrected chi connectivity index (χ1v) is 20.9. The van der Waals surface area contributed by atoms with Gasteiger partial charge in [0, 0.05) is 23.7 Å². The molecule has 6 fully saturated rings. The Morgan fingerprint density at radius 1 is 0.784 bits per heavy atom. The van der Waals surface area contributed by atoms with E-state index in [2.05, 4.69) is 50.3 Å². The van der Waals surface area contributed by atoms with Gasteiger partial charge in [-0.3, -0.25) is 9.59 Å². The van der Waals surface area contributed by atoms with Gasteiger partial charge in [-0.2, -0.15) is 0 Å². The van der Waals surface area contributed by atoms with Crippen molar-refractivity contribution in [2.24, 2.45) is 81.8 Å². The molecule has 0 aromatic carbocycles. The fourth-order valence-electron chi connectivity index (χ4n) is 15.8. The molecule has 11 aliphatic rings. The van der Waals surface area contributed by atoms with Gasteiger partial charge in [0.2, 0.25) is 0 Å². The zero-order valence-electron chi connectivity index (χ0n) is 30.7. The molecule has 0 aromatic heterocycles. The third kappa shape index (κ3) is 4.32. The van der Waals surface area contributed by atoms with Crippen LogP contribution in [0.25, 0.3) is 0 Å². The number of carbonyl (C=O) groups excluding carboxylic acids is 2. The van der Waals surface area contributed by atoms with Crippen LogP contribution in [-0.4, -0.2) is 46.2 Å². The zero-order chi connectivity index (χ0) is 34.9. The quantitative estimate of drug-likeness (QED) is 0.293. The lowest BCUT2D eigenvalue weighted by atomic mass is 9.49. The molecule has 272 valence electrons. The molecule has 10 aliphatic carbocycles. The van der Waals surface area contributed by atoms with Gasteiger partial charge in [0.25, 0.3) is 0 Å². The molecule has 0 bridgehead atoms. The summed E-state index contributed by atoms with van der Waals surface area (Å²) in [4.78, 5) is 23.7. The van der Waals surface area contributed by atoms with Crippen LogP contribution in [0.3, 0.4) is 0 Å². The van der Waals surface area contributed by atoms with E-state index in [4.69, 9.17) is 4.74 Å². The average molecular weight is 691 g/mol. The number of allylic oxidation sites excluding steroid dienone is 8. The smallest absolute Gasteiger partial charge is 0.155 e. The van der Waals surface area contributed by atoms with E-state index in [1.807, 2.05) is 18.2 Å². The Morgan fingerprint density at radius 2 is 1.35 bits per heavy atom. The second-order valence-electron chi connectivity index (χ2n) is 18.8. The van der Waals surface area contributed by atoms with Crippen LogP contribution in [-0.2, 0) is 14.3 Å². The molecular formula is C46H58O5. The standard InChI is InChI=1S/C23H30O3.C23H28O2/c1-2-22-10-8-17-16-7-5-15(25)12-14(16)4-6-18(17)21(22)19-13-20(19)23(22,26)9-3-11-24;1-2-22-10-8-17-16-7-5-15(24)12-14(16)4-6-18(17)21(22)19-13-20(19)23(22)9-3-11-25-23/h3-4,6,9,12,16-21,24,26H,2,5,7-8,10-11,13H2,1H3;3-4,6,9,12,16-21H,2,5,7-8,10-11,13H2,1H3/b9-3-;/t2*16-,17?,18?,19+,20-,21?,22-,23-/m00/s1. The van der Waals surface area contributed by atoms with Crippen LogP contribution in [0.4, 0.5) is 0 Å². The molecule has 0 saturated heterocycles. The van der Waals surface area contributed by atoms with Crippen LogP contribution in [0.2, 0.25) is 0 Å². The predicted molar refractivity (Wildman–Crippen MR) is 197 cm³/mol. The Kier molecular flexibility index (Phi) is 7.55. The third-order valence-electron chi connectivity index (χ3n) is 17.7. The zero-order valence-corrected chi connectivity index (χ0v) is 30.7. The van der Waals surface area contributed by atoms with Crippen molar-refractivity contribution < 1.29 is 24.5 Å². The molecule has 0 radical (unpaired) electrons. The van der Waals surface area contributed by atoms with Crippen molar-refractivity contribution in [1.82, 2.24) is 0 Å². The van der Waals surface area contributed by atoms with E-state index in [0.717, 1.165) is 75.2 Å². The maximum Gasteiger partial charge on any atom is 0.155 e. The highest BCUT2D eigenvalue weighted by atomic mass is 16.5. The molecule has 6 unspecified atom stereocenters. The first-order valence-electron chi connectivity index (χ1n) is 20.9. The van der Waals surface area contributed by atoms with Crippen molar-refractivity contribution in [3.8, 4) is 0 Å². The third-order valence-corrected chi connectivity index (χ3v) is 17.7. The molecular weight excluding hydrogens is 633 g/mol. The van der Waals surface area contributed by atoms with Gasteiger partial charge in [-0.1, -0.05) is 62.5 Å². The Morgan fingerprint density at radius 3 is 1.92 bits per heavy atom. The molecule has 0 aromatic rings. The van der Waals surface area contributed by atoms with Crippen LogP contribution < -0.4 is 0 Å². The van der Waals surface area contributed by atoms with Crippen molar-refractivity contribution >= 4 is 11.6 Å². The minimum absolute atomic E-state index is 0.000368. The van der Waals surface area contributed by atoms with E-state index in [1.54, 1.807) is 6.08 Å². The normalized spacial score (nSPS) is 53.1. The number of carbonyl (C=O) groups is 2. The molecule has 1 heterocycles. The summed E-state index contributed by atoms with van der Waals surface area (Å²) in [5, 5.41) is 21.0. The first-order chi connectivity index (χ1) is 24.8. The molecule has 1 aliphatic heterocycles. The maximum atomic E-state index is 11.9. The molecule has 51 heavy (non-hydrogen) atoms. The summed E-state index contributed by atoms with van der Waals surface area (Å²) in [6, 6.07) is 0. The van der Waals surface area contributed by atoms with E-state index in [1.165, 1.54) is 36.8 Å². The van der Waals surface area contributed by atoms with Crippen molar-refractivity contribution in [3.05, 3.63) is 71.9 Å². The minimum atomic E-state index is -0.753. The van der Waals surface area contributed by atoms with Gasteiger partial charge in [0.05, 0.1) is 24.4 Å². The Balaban J connectivity index is 0.000000128.